The number of rotatable bonds is 8. The third-order valence-corrected chi connectivity index (χ3v) is 1.77. The van der Waals surface area contributed by atoms with E-state index in [1.54, 1.807) is 13.8 Å². The Labute approximate surface area is 128 Å². The van der Waals surface area contributed by atoms with Gasteiger partial charge in [0.2, 0.25) is 0 Å². The average molecular weight is 324 g/mol. The van der Waals surface area contributed by atoms with Gasteiger partial charge in [0.1, 0.15) is 0 Å². The number of hydrogen-bond acceptors (Lipinski definition) is 6. The van der Waals surface area contributed by atoms with Gasteiger partial charge in [-0.3, -0.25) is 24.1 Å². The molecule has 130 valence electrons. The summed E-state index contributed by atoms with van der Waals surface area (Å²) < 4.78 is 0. The molecule has 0 aromatic heterocycles. The lowest BCUT2D eigenvalue weighted by atomic mass is 10.4. The molecule has 10 heteroatoms. The van der Waals surface area contributed by atoms with E-state index in [2.05, 4.69) is 0 Å². The first-order chi connectivity index (χ1) is 10.1. The highest BCUT2D eigenvalue weighted by Crippen LogP contribution is 1.86. The third-order valence-electron chi connectivity index (χ3n) is 1.77. The van der Waals surface area contributed by atoms with Gasteiger partial charge in [-0.2, -0.15) is 0 Å². The molecule has 0 aromatic carbocycles. The molecule has 0 aromatic rings. The lowest BCUT2D eigenvalue weighted by molar-refractivity contribution is -0.142. The van der Waals surface area contributed by atoms with Crippen LogP contribution in [0.5, 0.6) is 0 Å². The van der Waals surface area contributed by atoms with E-state index >= 15 is 0 Å². The fourth-order valence-electron chi connectivity index (χ4n) is 0.779. The predicted molar refractivity (Wildman–Crippen MR) is 76.6 cm³/mol. The molecule has 0 radical (unpaired) electrons. The number of carboxylic acid groups (broad SMARTS) is 4. The Morgan fingerprint density at radius 3 is 1.18 bits per heavy atom. The van der Waals surface area contributed by atoms with Crippen molar-refractivity contribution < 1.29 is 39.6 Å². The summed E-state index contributed by atoms with van der Waals surface area (Å²) in [4.78, 5) is 40.4. The van der Waals surface area contributed by atoms with Crippen LogP contribution in [-0.4, -0.2) is 75.4 Å². The van der Waals surface area contributed by atoms with E-state index in [4.69, 9.17) is 26.2 Å². The Hall–Kier alpha value is -2.20. The number of hydrogen-bond donors (Lipinski definition) is 5. The molecule has 0 heterocycles. The molecule has 0 spiro atoms. The summed E-state index contributed by atoms with van der Waals surface area (Å²) in [7, 11) is 0. The van der Waals surface area contributed by atoms with Crippen LogP contribution in [0.1, 0.15) is 26.7 Å². The van der Waals surface area contributed by atoms with Crippen molar-refractivity contribution in [3.05, 3.63) is 0 Å². The van der Waals surface area contributed by atoms with Gasteiger partial charge in [-0.15, -0.1) is 0 Å². The zero-order valence-corrected chi connectivity index (χ0v) is 12.7. The highest BCUT2D eigenvalue weighted by Gasteiger charge is 2.11. The average Bonchev–Trinajstić information content (AvgIpc) is 2.38. The van der Waals surface area contributed by atoms with E-state index in [1.807, 2.05) is 0 Å². The van der Waals surface area contributed by atoms with Gasteiger partial charge in [0.25, 0.3) is 0 Å². The van der Waals surface area contributed by atoms with Crippen molar-refractivity contribution in [2.45, 2.75) is 26.7 Å². The quantitative estimate of drug-likeness (QED) is 0.386. The molecule has 10 nitrogen and oxygen atoms in total. The molecular weight excluding hydrogens is 300 g/mol. The van der Waals surface area contributed by atoms with Gasteiger partial charge in [-0.25, -0.2) is 0 Å². The van der Waals surface area contributed by atoms with Crippen LogP contribution in [0, 0.1) is 0 Å². The standard InChI is InChI=1S/C6H12N2O4.2C3H6O2/c7-1-2-8(3-5(9)10)4-6(11)12;2*1-2-3(4)5/h1-4,7H2,(H,9,10)(H,11,12);2*2H2,1H3,(H,4,5). The minimum atomic E-state index is -1.05. The van der Waals surface area contributed by atoms with E-state index in [-0.39, 0.29) is 39.0 Å². The number of aliphatic carboxylic acids is 4. The molecule has 0 fully saturated rings. The Balaban J connectivity index is -0.000000298. The molecule has 0 aliphatic carbocycles. The molecule has 0 unspecified atom stereocenters. The molecule has 0 aliphatic rings. The van der Waals surface area contributed by atoms with Crippen molar-refractivity contribution >= 4 is 23.9 Å². The number of carboxylic acids is 4. The lowest BCUT2D eigenvalue weighted by Gasteiger charge is -2.15. The topological polar surface area (TPSA) is 178 Å². The van der Waals surface area contributed by atoms with Crippen molar-refractivity contribution in [1.29, 1.82) is 0 Å². The third kappa shape index (κ3) is 30.7. The molecular formula is C12H24N2O8. The van der Waals surface area contributed by atoms with Crippen molar-refractivity contribution in [2.24, 2.45) is 5.73 Å². The normalized spacial score (nSPS) is 8.91. The van der Waals surface area contributed by atoms with E-state index < -0.39 is 23.9 Å². The molecule has 0 saturated carbocycles. The number of nitrogens with zero attached hydrogens (tertiary/aromatic N) is 1. The zero-order chi connectivity index (χ0) is 18.1. The molecule has 0 rings (SSSR count). The largest absolute Gasteiger partial charge is 0.481 e. The van der Waals surface area contributed by atoms with Gasteiger partial charge >= 0.3 is 23.9 Å². The smallest absolute Gasteiger partial charge is 0.317 e. The van der Waals surface area contributed by atoms with E-state index in [0.717, 1.165) is 0 Å². The van der Waals surface area contributed by atoms with Gasteiger partial charge in [-0.1, -0.05) is 13.8 Å². The first-order valence-electron chi connectivity index (χ1n) is 6.40. The summed E-state index contributed by atoms with van der Waals surface area (Å²) in [5.41, 5.74) is 5.15. The lowest BCUT2D eigenvalue weighted by Crippen LogP contribution is -2.37. The van der Waals surface area contributed by atoms with Crippen molar-refractivity contribution in [1.82, 2.24) is 4.90 Å². The number of carbonyl (C=O) groups is 4. The highest BCUT2D eigenvalue weighted by molar-refractivity contribution is 5.72. The molecule has 6 N–H and O–H groups in total. The van der Waals surface area contributed by atoms with Crippen LogP contribution < -0.4 is 5.73 Å². The summed E-state index contributed by atoms with van der Waals surface area (Å²) in [6.45, 7) is 3.15. The molecule has 0 amide bonds. The first kappa shape index (κ1) is 24.8. The summed E-state index contributed by atoms with van der Waals surface area (Å²) >= 11 is 0. The van der Waals surface area contributed by atoms with Crippen LogP contribution in [0.25, 0.3) is 0 Å². The minimum absolute atomic E-state index is 0.222. The molecule has 0 saturated heterocycles. The SMILES string of the molecule is CCC(=O)O.CCC(=O)O.NCCN(CC(=O)O)CC(=O)O. The van der Waals surface area contributed by atoms with Crippen LogP contribution in [-0.2, 0) is 19.2 Å². The van der Waals surface area contributed by atoms with Crippen molar-refractivity contribution in [3.63, 3.8) is 0 Å². The minimum Gasteiger partial charge on any atom is -0.481 e. The second kappa shape index (κ2) is 16.9. The summed E-state index contributed by atoms with van der Waals surface area (Å²) in [6.07, 6.45) is 0.444. The first-order valence-corrected chi connectivity index (χ1v) is 6.40. The molecule has 0 aliphatic heterocycles. The predicted octanol–water partition coefficient (Wildman–Crippen LogP) is -0.622. The Morgan fingerprint density at radius 2 is 1.05 bits per heavy atom. The van der Waals surface area contributed by atoms with Crippen LogP contribution >= 0.6 is 0 Å². The fraction of sp³-hybridized carbons (Fsp3) is 0.667. The second-order valence-corrected chi connectivity index (χ2v) is 3.78. The molecule has 0 bridgehead atoms. The van der Waals surface area contributed by atoms with E-state index in [9.17, 15) is 19.2 Å². The van der Waals surface area contributed by atoms with Gasteiger partial charge in [0, 0.05) is 25.9 Å². The van der Waals surface area contributed by atoms with E-state index in [0.29, 0.717) is 0 Å². The Kier molecular flexibility index (Phi) is 19.0. The maximum absolute atomic E-state index is 10.2. The summed E-state index contributed by atoms with van der Waals surface area (Å²) in [5, 5.41) is 32.1. The molecule has 0 atom stereocenters. The maximum atomic E-state index is 10.2. The van der Waals surface area contributed by atoms with Gasteiger partial charge in [-0.05, 0) is 0 Å². The van der Waals surface area contributed by atoms with Gasteiger partial charge in [0.15, 0.2) is 0 Å². The fourth-order valence-corrected chi connectivity index (χ4v) is 0.779. The Bertz CT molecular complexity index is 316. The van der Waals surface area contributed by atoms with Crippen molar-refractivity contribution in [2.75, 3.05) is 26.2 Å². The van der Waals surface area contributed by atoms with Crippen LogP contribution in [0.15, 0.2) is 0 Å². The molecule has 22 heavy (non-hydrogen) atoms. The van der Waals surface area contributed by atoms with E-state index in [1.165, 1.54) is 4.90 Å². The second-order valence-electron chi connectivity index (χ2n) is 3.78. The highest BCUT2D eigenvalue weighted by atomic mass is 16.4. The van der Waals surface area contributed by atoms with Gasteiger partial charge in [0.05, 0.1) is 13.1 Å². The maximum Gasteiger partial charge on any atom is 0.317 e. The Morgan fingerprint density at radius 1 is 0.773 bits per heavy atom. The summed E-state index contributed by atoms with van der Waals surface area (Å²) in [6, 6.07) is 0. The van der Waals surface area contributed by atoms with Crippen molar-refractivity contribution in [3.8, 4) is 0 Å². The van der Waals surface area contributed by atoms with Crippen LogP contribution in [0.4, 0.5) is 0 Å². The van der Waals surface area contributed by atoms with Crippen LogP contribution in [0.2, 0.25) is 0 Å². The number of nitrogens with two attached hydrogens (primary N) is 1. The van der Waals surface area contributed by atoms with Crippen LogP contribution in [0.3, 0.4) is 0 Å². The monoisotopic (exact) mass is 324 g/mol. The summed E-state index contributed by atoms with van der Waals surface area (Å²) in [5.74, 6) is -3.59. The zero-order valence-electron chi connectivity index (χ0n) is 12.7. The van der Waals surface area contributed by atoms with Gasteiger partial charge < -0.3 is 26.2 Å².